The van der Waals surface area contributed by atoms with Crippen molar-refractivity contribution in [2.45, 2.75) is 88.1 Å². The van der Waals surface area contributed by atoms with Crippen molar-refractivity contribution in [2.24, 2.45) is 11.8 Å². The van der Waals surface area contributed by atoms with Crippen molar-refractivity contribution in [2.75, 3.05) is 13.7 Å². The SMILES string of the molecule is CC[C@@H](CO)N1C(=O)[C@@H]2[C@@H](C(=O)NC)[C@H]3CCC2(O3)C1C(=O)NC1CCCCC1. The highest BCUT2D eigenvalue weighted by atomic mass is 16.5. The van der Waals surface area contributed by atoms with E-state index >= 15 is 0 Å². The summed E-state index contributed by atoms with van der Waals surface area (Å²) in [5.41, 5.74) is -0.972. The lowest BCUT2D eigenvalue weighted by Crippen LogP contribution is -2.59. The molecule has 0 radical (unpaired) electrons. The van der Waals surface area contributed by atoms with Crippen LogP contribution in [0.15, 0.2) is 0 Å². The number of rotatable bonds is 6. The normalized spacial score (nSPS) is 37.5. The summed E-state index contributed by atoms with van der Waals surface area (Å²) >= 11 is 0. The summed E-state index contributed by atoms with van der Waals surface area (Å²) in [5, 5.41) is 15.8. The molecule has 2 bridgehead atoms. The smallest absolute Gasteiger partial charge is 0.246 e. The Bertz CT molecular complexity index is 675. The van der Waals surface area contributed by atoms with Gasteiger partial charge in [-0.15, -0.1) is 0 Å². The number of fused-ring (bicyclic) bond motifs is 1. The third-order valence-electron chi connectivity index (χ3n) is 7.56. The van der Waals surface area contributed by atoms with Crippen LogP contribution >= 0.6 is 0 Å². The summed E-state index contributed by atoms with van der Waals surface area (Å²) in [6.07, 6.45) is 6.73. The topological polar surface area (TPSA) is 108 Å². The molecule has 29 heavy (non-hydrogen) atoms. The summed E-state index contributed by atoms with van der Waals surface area (Å²) in [4.78, 5) is 41.2. The van der Waals surface area contributed by atoms with E-state index in [2.05, 4.69) is 10.6 Å². The van der Waals surface area contributed by atoms with Gasteiger partial charge in [0.25, 0.3) is 0 Å². The third-order valence-corrected chi connectivity index (χ3v) is 7.56. The molecule has 0 aromatic heterocycles. The zero-order valence-corrected chi connectivity index (χ0v) is 17.4. The Kier molecular flexibility index (Phi) is 5.59. The van der Waals surface area contributed by atoms with E-state index in [1.54, 1.807) is 11.9 Å². The molecule has 1 aliphatic carbocycles. The molecule has 3 heterocycles. The lowest BCUT2D eigenvalue weighted by Gasteiger charge is -2.37. The van der Waals surface area contributed by atoms with Crippen molar-refractivity contribution in [1.82, 2.24) is 15.5 Å². The Labute approximate surface area is 171 Å². The van der Waals surface area contributed by atoms with Crippen LogP contribution in [0, 0.1) is 11.8 Å². The number of nitrogens with one attached hydrogen (secondary N) is 2. The molecule has 162 valence electrons. The molecular weight excluding hydrogens is 374 g/mol. The number of carbonyl (C=O) groups is 3. The first-order valence-electron chi connectivity index (χ1n) is 11.1. The maximum atomic E-state index is 13.5. The number of hydrogen-bond donors (Lipinski definition) is 3. The lowest BCUT2D eigenvalue weighted by atomic mass is 9.70. The average Bonchev–Trinajstić information content (AvgIpc) is 3.37. The van der Waals surface area contributed by atoms with Gasteiger partial charge in [-0.1, -0.05) is 26.2 Å². The molecular formula is C21H33N3O5. The van der Waals surface area contributed by atoms with Crippen LogP contribution in [-0.2, 0) is 19.1 Å². The molecule has 3 amide bonds. The third kappa shape index (κ3) is 3.06. The predicted molar refractivity (Wildman–Crippen MR) is 105 cm³/mol. The quantitative estimate of drug-likeness (QED) is 0.588. The van der Waals surface area contributed by atoms with Gasteiger partial charge in [-0.05, 0) is 32.1 Å². The van der Waals surface area contributed by atoms with Crippen molar-refractivity contribution in [3.8, 4) is 0 Å². The second-order valence-corrected chi connectivity index (χ2v) is 9.00. The van der Waals surface area contributed by atoms with Crippen molar-refractivity contribution in [3.63, 3.8) is 0 Å². The van der Waals surface area contributed by atoms with Gasteiger partial charge >= 0.3 is 0 Å². The summed E-state index contributed by atoms with van der Waals surface area (Å²) in [7, 11) is 1.56. The Morgan fingerprint density at radius 3 is 2.59 bits per heavy atom. The largest absolute Gasteiger partial charge is 0.394 e. The van der Waals surface area contributed by atoms with E-state index in [1.165, 1.54) is 6.42 Å². The maximum absolute atomic E-state index is 13.5. The van der Waals surface area contributed by atoms with Gasteiger partial charge in [-0.2, -0.15) is 0 Å². The molecule has 8 nitrogen and oxygen atoms in total. The van der Waals surface area contributed by atoms with E-state index in [0.717, 1.165) is 25.7 Å². The highest BCUT2D eigenvalue weighted by Gasteiger charge is 2.74. The van der Waals surface area contributed by atoms with Gasteiger partial charge < -0.3 is 25.4 Å². The second-order valence-electron chi connectivity index (χ2n) is 9.00. The minimum atomic E-state index is -0.972. The fraction of sp³-hybridized carbons (Fsp3) is 0.857. The predicted octanol–water partition coefficient (Wildman–Crippen LogP) is 0.327. The maximum Gasteiger partial charge on any atom is 0.246 e. The molecule has 3 aliphatic heterocycles. The Hall–Kier alpha value is -1.67. The van der Waals surface area contributed by atoms with Gasteiger partial charge in [0.2, 0.25) is 17.7 Å². The summed E-state index contributed by atoms with van der Waals surface area (Å²) in [6.45, 7) is 1.68. The zero-order valence-electron chi connectivity index (χ0n) is 17.4. The van der Waals surface area contributed by atoms with Crippen molar-refractivity contribution < 1.29 is 24.2 Å². The molecule has 1 saturated carbocycles. The highest BCUT2D eigenvalue weighted by Crippen LogP contribution is 2.58. The van der Waals surface area contributed by atoms with Crippen LogP contribution in [0.2, 0.25) is 0 Å². The summed E-state index contributed by atoms with van der Waals surface area (Å²) in [6, 6.07) is -1.14. The fourth-order valence-electron chi connectivity index (χ4n) is 6.19. The van der Waals surface area contributed by atoms with Gasteiger partial charge in [-0.25, -0.2) is 0 Å². The van der Waals surface area contributed by atoms with Crippen LogP contribution in [0.5, 0.6) is 0 Å². The minimum Gasteiger partial charge on any atom is -0.394 e. The number of ether oxygens (including phenoxy) is 1. The van der Waals surface area contributed by atoms with Gasteiger partial charge in [0, 0.05) is 13.1 Å². The highest BCUT2D eigenvalue weighted by molar-refractivity contribution is 5.99. The van der Waals surface area contributed by atoms with Crippen LogP contribution in [0.25, 0.3) is 0 Å². The molecule has 3 N–H and O–H groups in total. The molecule has 2 unspecified atom stereocenters. The van der Waals surface area contributed by atoms with E-state index in [0.29, 0.717) is 19.3 Å². The van der Waals surface area contributed by atoms with Crippen LogP contribution in [0.1, 0.15) is 58.3 Å². The number of amides is 3. The monoisotopic (exact) mass is 407 g/mol. The van der Waals surface area contributed by atoms with Gasteiger partial charge in [0.15, 0.2) is 0 Å². The van der Waals surface area contributed by atoms with Crippen LogP contribution in [0.4, 0.5) is 0 Å². The molecule has 0 aromatic carbocycles. The number of carbonyl (C=O) groups excluding carboxylic acids is 3. The molecule has 4 fully saturated rings. The molecule has 8 heteroatoms. The van der Waals surface area contributed by atoms with E-state index in [9.17, 15) is 19.5 Å². The minimum absolute atomic E-state index is 0.117. The fourth-order valence-corrected chi connectivity index (χ4v) is 6.19. The van der Waals surface area contributed by atoms with Crippen molar-refractivity contribution in [1.29, 1.82) is 0 Å². The summed E-state index contributed by atoms with van der Waals surface area (Å²) < 4.78 is 6.32. The Morgan fingerprint density at radius 1 is 1.24 bits per heavy atom. The zero-order chi connectivity index (χ0) is 20.8. The number of aliphatic hydroxyl groups is 1. The first-order valence-corrected chi connectivity index (χ1v) is 11.1. The Balaban J connectivity index is 1.69. The molecule has 6 atom stereocenters. The summed E-state index contributed by atoms with van der Waals surface area (Å²) in [5.74, 6) is -1.88. The van der Waals surface area contributed by atoms with Crippen molar-refractivity contribution in [3.05, 3.63) is 0 Å². The molecule has 4 aliphatic rings. The van der Waals surface area contributed by atoms with E-state index in [-0.39, 0.29) is 36.5 Å². The average molecular weight is 408 g/mol. The Morgan fingerprint density at radius 2 is 1.97 bits per heavy atom. The molecule has 0 aromatic rings. The first-order chi connectivity index (χ1) is 14.0. The van der Waals surface area contributed by atoms with Crippen LogP contribution in [0.3, 0.4) is 0 Å². The molecule has 4 rings (SSSR count). The second kappa shape index (κ2) is 7.87. The van der Waals surface area contributed by atoms with Gasteiger partial charge in [0.05, 0.1) is 30.6 Å². The number of aliphatic hydroxyl groups excluding tert-OH is 1. The van der Waals surface area contributed by atoms with E-state index in [4.69, 9.17) is 4.74 Å². The van der Waals surface area contributed by atoms with Gasteiger partial charge in [0.1, 0.15) is 11.6 Å². The van der Waals surface area contributed by atoms with Crippen LogP contribution in [-0.4, -0.2) is 71.2 Å². The number of likely N-dealkylation sites (tertiary alicyclic amines) is 1. The van der Waals surface area contributed by atoms with Crippen molar-refractivity contribution >= 4 is 17.7 Å². The van der Waals surface area contributed by atoms with Crippen LogP contribution < -0.4 is 10.6 Å². The number of hydrogen-bond acceptors (Lipinski definition) is 5. The van der Waals surface area contributed by atoms with E-state index in [1.807, 2.05) is 6.92 Å². The molecule has 3 saturated heterocycles. The van der Waals surface area contributed by atoms with Gasteiger partial charge in [-0.3, -0.25) is 14.4 Å². The first kappa shape index (κ1) is 20.6. The molecule has 1 spiro atoms. The standard InChI is InChI=1S/C21H33N3O5/c1-3-13(11-25)24-17(19(27)23-12-7-5-4-6-8-12)21-10-9-14(29-21)15(18(26)22-2)16(21)20(24)28/h12-17,25H,3-11H2,1-2H3,(H,22,26)(H,23,27)/t13-,14+,15-,16-,17?,21?/m0/s1. The van der Waals surface area contributed by atoms with E-state index < -0.39 is 29.5 Å². The lowest BCUT2D eigenvalue weighted by molar-refractivity contribution is -0.146. The number of nitrogens with zero attached hydrogens (tertiary/aromatic N) is 1.